The van der Waals surface area contributed by atoms with Crippen molar-refractivity contribution < 1.29 is 17.9 Å². The summed E-state index contributed by atoms with van der Waals surface area (Å²) in [5, 5.41) is 0.453. The number of hydrogen-bond acceptors (Lipinski definition) is 5. The molecule has 138 valence electrons. The minimum absolute atomic E-state index is 0.0564. The molecule has 6 nitrogen and oxygen atoms in total. The number of amides is 1. The number of ether oxygens (including phenoxy) is 1. The van der Waals surface area contributed by atoms with E-state index in [0.717, 1.165) is 4.47 Å². The molecule has 0 aromatic heterocycles. The van der Waals surface area contributed by atoms with Crippen LogP contribution in [0.5, 0.6) is 5.75 Å². The summed E-state index contributed by atoms with van der Waals surface area (Å²) in [6.07, 6.45) is 0.696. The topological polar surface area (TPSA) is 66.9 Å². The van der Waals surface area contributed by atoms with Gasteiger partial charge in [-0.15, -0.1) is 0 Å². The Morgan fingerprint density at radius 3 is 2.60 bits per heavy atom. The van der Waals surface area contributed by atoms with Gasteiger partial charge in [0.15, 0.2) is 16.4 Å². The molecule has 1 aromatic rings. The highest BCUT2D eigenvalue weighted by Crippen LogP contribution is 2.27. The number of sulfone groups is 1. The first-order chi connectivity index (χ1) is 11.8. The van der Waals surface area contributed by atoms with Crippen molar-refractivity contribution in [2.45, 2.75) is 12.5 Å². The Morgan fingerprint density at radius 1 is 1.28 bits per heavy atom. The van der Waals surface area contributed by atoms with E-state index in [1.54, 1.807) is 23.1 Å². The van der Waals surface area contributed by atoms with Crippen LogP contribution >= 0.6 is 27.5 Å². The third kappa shape index (κ3) is 4.87. The molecule has 2 fully saturated rings. The molecule has 2 saturated heterocycles. The summed E-state index contributed by atoms with van der Waals surface area (Å²) in [5.74, 6) is 0.913. The van der Waals surface area contributed by atoms with Crippen molar-refractivity contribution in [3.05, 3.63) is 27.7 Å². The molecule has 3 rings (SSSR count). The van der Waals surface area contributed by atoms with Gasteiger partial charge in [-0.1, -0.05) is 27.5 Å². The zero-order valence-electron chi connectivity index (χ0n) is 13.7. The first-order valence-corrected chi connectivity index (χ1v) is 11.1. The number of piperazine rings is 1. The number of halogens is 2. The summed E-state index contributed by atoms with van der Waals surface area (Å²) in [6.45, 7) is 2.52. The van der Waals surface area contributed by atoms with E-state index in [2.05, 4.69) is 20.8 Å². The van der Waals surface area contributed by atoms with Crippen LogP contribution in [-0.2, 0) is 14.6 Å². The molecule has 0 saturated carbocycles. The molecule has 9 heteroatoms. The van der Waals surface area contributed by atoms with Gasteiger partial charge in [0.25, 0.3) is 5.91 Å². The van der Waals surface area contributed by atoms with E-state index in [-0.39, 0.29) is 30.1 Å². The van der Waals surface area contributed by atoms with Crippen LogP contribution in [-0.4, -0.2) is 74.5 Å². The second-order valence-corrected chi connectivity index (χ2v) is 9.89. The van der Waals surface area contributed by atoms with Gasteiger partial charge in [0.05, 0.1) is 16.5 Å². The molecule has 0 spiro atoms. The van der Waals surface area contributed by atoms with Crippen LogP contribution in [0.4, 0.5) is 0 Å². The molecular weight excluding hydrogens is 432 g/mol. The Balaban J connectivity index is 1.47. The average molecular weight is 452 g/mol. The Morgan fingerprint density at radius 2 is 2.00 bits per heavy atom. The number of carbonyl (C=O) groups is 1. The predicted molar refractivity (Wildman–Crippen MR) is 99.9 cm³/mol. The molecule has 2 aliphatic rings. The summed E-state index contributed by atoms with van der Waals surface area (Å²) >= 11 is 9.40. The normalized spacial score (nSPS) is 23.6. The molecule has 1 unspecified atom stereocenters. The van der Waals surface area contributed by atoms with Crippen molar-refractivity contribution in [2.75, 3.05) is 44.3 Å². The SMILES string of the molecule is O=C(COc1ccc(Br)cc1Cl)N1CCN(C2CCS(=O)(=O)C2)CC1. The highest BCUT2D eigenvalue weighted by atomic mass is 79.9. The van der Waals surface area contributed by atoms with Gasteiger partial charge >= 0.3 is 0 Å². The van der Waals surface area contributed by atoms with Crippen LogP contribution in [0, 0.1) is 0 Å². The van der Waals surface area contributed by atoms with Crippen molar-refractivity contribution in [3.8, 4) is 5.75 Å². The molecule has 1 amide bonds. The fraction of sp³-hybridized carbons (Fsp3) is 0.562. The molecule has 1 aromatic carbocycles. The molecular formula is C16H20BrClN2O4S. The van der Waals surface area contributed by atoms with E-state index in [0.29, 0.717) is 43.4 Å². The molecule has 2 heterocycles. The lowest BCUT2D eigenvalue weighted by Crippen LogP contribution is -2.53. The summed E-state index contributed by atoms with van der Waals surface area (Å²) in [5.41, 5.74) is 0. The minimum Gasteiger partial charge on any atom is -0.482 e. The number of rotatable bonds is 4. The maximum Gasteiger partial charge on any atom is 0.260 e. The van der Waals surface area contributed by atoms with E-state index in [4.69, 9.17) is 16.3 Å². The molecule has 0 radical (unpaired) electrons. The Labute approximate surface area is 161 Å². The number of carbonyl (C=O) groups excluding carboxylic acids is 1. The quantitative estimate of drug-likeness (QED) is 0.698. The van der Waals surface area contributed by atoms with Gasteiger partial charge in [0.1, 0.15) is 5.75 Å². The second kappa shape index (κ2) is 7.82. The highest BCUT2D eigenvalue weighted by molar-refractivity contribution is 9.10. The van der Waals surface area contributed by atoms with Crippen LogP contribution in [0.3, 0.4) is 0 Å². The van der Waals surface area contributed by atoms with Crippen LogP contribution in [0.15, 0.2) is 22.7 Å². The van der Waals surface area contributed by atoms with Gasteiger partial charge in [0.2, 0.25) is 0 Å². The van der Waals surface area contributed by atoms with Crippen LogP contribution in [0.25, 0.3) is 0 Å². The molecule has 0 N–H and O–H groups in total. The van der Waals surface area contributed by atoms with Crippen molar-refractivity contribution in [1.82, 2.24) is 9.80 Å². The summed E-state index contributed by atoms with van der Waals surface area (Å²) in [7, 11) is -2.88. The Hall–Kier alpha value is -0.830. The number of nitrogens with zero attached hydrogens (tertiary/aromatic N) is 2. The summed E-state index contributed by atoms with van der Waals surface area (Å²) in [4.78, 5) is 16.3. The van der Waals surface area contributed by atoms with Gasteiger partial charge in [0, 0.05) is 36.7 Å². The second-order valence-electron chi connectivity index (χ2n) is 6.34. The van der Waals surface area contributed by atoms with E-state index >= 15 is 0 Å². The molecule has 25 heavy (non-hydrogen) atoms. The third-order valence-electron chi connectivity index (χ3n) is 4.64. The van der Waals surface area contributed by atoms with E-state index in [1.165, 1.54) is 0 Å². The van der Waals surface area contributed by atoms with Gasteiger partial charge in [-0.25, -0.2) is 8.42 Å². The van der Waals surface area contributed by atoms with Crippen molar-refractivity contribution >= 4 is 43.3 Å². The molecule has 0 bridgehead atoms. The maximum atomic E-state index is 12.3. The number of hydrogen-bond donors (Lipinski definition) is 0. The molecule has 1 atom stereocenters. The predicted octanol–water partition coefficient (Wildman–Crippen LogP) is 1.81. The minimum atomic E-state index is -2.88. The zero-order chi connectivity index (χ0) is 18.0. The molecule has 2 aliphatic heterocycles. The van der Waals surface area contributed by atoms with Gasteiger partial charge in [-0.2, -0.15) is 0 Å². The van der Waals surface area contributed by atoms with Gasteiger partial charge in [-0.05, 0) is 24.6 Å². The standard InChI is InChI=1S/C16H20BrClN2O4S/c17-12-1-2-15(14(18)9-12)24-10-16(21)20-6-4-19(5-7-20)13-3-8-25(22,23)11-13/h1-2,9,13H,3-8,10-11H2. The Kier molecular flexibility index (Phi) is 5.92. The first-order valence-electron chi connectivity index (χ1n) is 8.14. The highest BCUT2D eigenvalue weighted by Gasteiger charge is 2.34. The van der Waals surface area contributed by atoms with Crippen LogP contribution in [0.1, 0.15) is 6.42 Å². The van der Waals surface area contributed by atoms with Crippen molar-refractivity contribution in [2.24, 2.45) is 0 Å². The van der Waals surface area contributed by atoms with E-state index in [1.807, 2.05) is 0 Å². The lowest BCUT2D eigenvalue weighted by molar-refractivity contribution is -0.135. The van der Waals surface area contributed by atoms with Gasteiger partial charge in [-0.3, -0.25) is 9.69 Å². The average Bonchev–Trinajstić information content (AvgIpc) is 2.94. The number of benzene rings is 1. The van der Waals surface area contributed by atoms with Crippen molar-refractivity contribution in [3.63, 3.8) is 0 Å². The lowest BCUT2D eigenvalue weighted by atomic mass is 10.2. The summed E-state index contributed by atoms with van der Waals surface area (Å²) < 4.78 is 29.6. The molecule has 0 aliphatic carbocycles. The smallest absolute Gasteiger partial charge is 0.260 e. The van der Waals surface area contributed by atoms with Crippen LogP contribution < -0.4 is 4.74 Å². The lowest BCUT2D eigenvalue weighted by Gasteiger charge is -2.37. The summed E-state index contributed by atoms with van der Waals surface area (Å²) in [6, 6.07) is 5.34. The Bertz CT molecular complexity index is 751. The van der Waals surface area contributed by atoms with E-state index in [9.17, 15) is 13.2 Å². The van der Waals surface area contributed by atoms with E-state index < -0.39 is 9.84 Å². The largest absolute Gasteiger partial charge is 0.482 e. The monoisotopic (exact) mass is 450 g/mol. The van der Waals surface area contributed by atoms with Crippen molar-refractivity contribution in [1.29, 1.82) is 0 Å². The fourth-order valence-electron chi connectivity index (χ4n) is 3.22. The fourth-order valence-corrected chi connectivity index (χ4v) is 5.71. The maximum absolute atomic E-state index is 12.3. The zero-order valence-corrected chi connectivity index (χ0v) is 16.8. The van der Waals surface area contributed by atoms with Crippen LogP contribution in [0.2, 0.25) is 5.02 Å². The first kappa shape index (κ1) is 18.9. The van der Waals surface area contributed by atoms with Gasteiger partial charge < -0.3 is 9.64 Å². The third-order valence-corrected chi connectivity index (χ3v) is 7.18.